The molecule has 4 fully saturated rings. The van der Waals surface area contributed by atoms with E-state index in [4.69, 9.17) is 0 Å². The molecule has 8 nitrogen and oxygen atoms in total. The number of fused-ring (bicyclic) bond motifs is 4. The molecule has 8 heteroatoms. The Balaban J connectivity index is 1.18. The number of aromatic nitrogens is 1. The molecule has 0 spiro atoms. The molecule has 1 aromatic rings. The molecular formula is C23H31N5O3. The summed E-state index contributed by atoms with van der Waals surface area (Å²) < 4.78 is 0. The smallest absolute Gasteiger partial charge is 0.320 e. The molecular weight excluding hydrogens is 394 g/mol. The van der Waals surface area contributed by atoms with Gasteiger partial charge in [0, 0.05) is 70.2 Å². The second-order valence-electron chi connectivity index (χ2n) is 9.52. The molecule has 2 unspecified atom stereocenters. The fourth-order valence-corrected chi connectivity index (χ4v) is 5.84. The van der Waals surface area contributed by atoms with Gasteiger partial charge in [-0.05, 0) is 50.2 Å². The first-order valence-electron chi connectivity index (χ1n) is 11.5. The van der Waals surface area contributed by atoms with E-state index in [-0.39, 0.29) is 11.9 Å². The van der Waals surface area contributed by atoms with Crippen molar-refractivity contribution >= 4 is 17.8 Å². The molecule has 5 heterocycles. The molecule has 166 valence electrons. The average Bonchev–Trinajstić information content (AvgIpc) is 2.79. The predicted molar refractivity (Wildman–Crippen MR) is 114 cm³/mol. The van der Waals surface area contributed by atoms with Crippen LogP contribution in [0.25, 0.3) is 0 Å². The van der Waals surface area contributed by atoms with E-state index in [0.717, 1.165) is 44.6 Å². The SMILES string of the molecule is Cc1ccc(C(=O)N2CCN(C(=O)N3CC4CC(C3)[C@H]3CCCC(=O)N3C4)CC2)cn1. The van der Waals surface area contributed by atoms with Crippen molar-refractivity contribution < 1.29 is 14.4 Å². The van der Waals surface area contributed by atoms with Crippen molar-refractivity contribution in [1.29, 1.82) is 0 Å². The van der Waals surface area contributed by atoms with Gasteiger partial charge in [0.2, 0.25) is 5.91 Å². The van der Waals surface area contributed by atoms with Gasteiger partial charge < -0.3 is 19.6 Å². The molecule has 0 saturated carbocycles. The van der Waals surface area contributed by atoms with Gasteiger partial charge in [0.05, 0.1) is 5.56 Å². The molecule has 3 atom stereocenters. The highest BCUT2D eigenvalue weighted by atomic mass is 16.2. The highest BCUT2D eigenvalue weighted by Crippen LogP contribution is 2.38. The summed E-state index contributed by atoms with van der Waals surface area (Å²) in [6.45, 7) is 6.40. The number of aryl methyl sites for hydroxylation is 1. The summed E-state index contributed by atoms with van der Waals surface area (Å²) in [5.41, 5.74) is 1.49. The van der Waals surface area contributed by atoms with E-state index in [1.54, 1.807) is 6.20 Å². The van der Waals surface area contributed by atoms with E-state index >= 15 is 0 Å². The summed E-state index contributed by atoms with van der Waals surface area (Å²) >= 11 is 0. The van der Waals surface area contributed by atoms with Crippen molar-refractivity contribution in [1.82, 2.24) is 24.6 Å². The Labute approximate surface area is 183 Å². The third-order valence-electron chi connectivity index (χ3n) is 7.45. The number of carbonyl (C=O) groups excluding carboxylic acids is 3. The third-order valence-corrected chi connectivity index (χ3v) is 7.45. The molecule has 0 aliphatic carbocycles. The molecule has 4 aliphatic rings. The van der Waals surface area contributed by atoms with Crippen LogP contribution in [0.4, 0.5) is 4.79 Å². The molecule has 1 aromatic heterocycles. The van der Waals surface area contributed by atoms with Gasteiger partial charge in [-0.2, -0.15) is 0 Å². The van der Waals surface area contributed by atoms with Gasteiger partial charge in [-0.3, -0.25) is 14.6 Å². The minimum atomic E-state index is -0.0193. The van der Waals surface area contributed by atoms with Crippen molar-refractivity contribution in [3.63, 3.8) is 0 Å². The number of rotatable bonds is 1. The Morgan fingerprint density at radius 2 is 1.77 bits per heavy atom. The maximum Gasteiger partial charge on any atom is 0.320 e. The largest absolute Gasteiger partial charge is 0.339 e. The summed E-state index contributed by atoms with van der Waals surface area (Å²) in [6.07, 6.45) is 5.48. The summed E-state index contributed by atoms with van der Waals surface area (Å²) in [6, 6.07) is 4.06. The lowest BCUT2D eigenvalue weighted by molar-refractivity contribution is -0.144. The first-order valence-corrected chi connectivity index (χ1v) is 11.5. The lowest BCUT2D eigenvalue weighted by Gasteiger charge is -2.53. The number of pyridine rings is 1. The predicted octanol–water partition coefficient (Wildman–Crippen LogP) is 1.60. The summed E-state index contributed by atoms with van der Waals surface area (Å²) in [5.74, 6) is 1.07. The fourth-order valence-electron chi connectivity index (χ4n) is 5.84. The number of nitrogens with zero attached hydrogens (tertiary/aromatic N) is 5. The van der Waals surface area contributed by atoms with Crippen molar-refractivity contribution in [2.24, 2.45) is 11.8 Å². The molecule has 0 radical (unpaired) electrons. The maximum absolute atomic E-state index is 13.3. The lowest BCUT2D eigenvalue weighted by atomic mass is 9.76. The second-order valence-corrected chi connectivity index (χ2v) is 9.52. The normalized spacial score (nSPS) is 28.4. The van der Waals surface area contributed by atoms with E-state index in [2.05, 4.69) is 9.88 Å². The Hall–Kier alpha value is -2.64. The van der Waals surface area contributed by atoms with Gasteiger partial charge in [-0.1, -0.05) is 0 Å². The van der Waals surface area contributed by atoms with Crippen LogP contribution < -0.4 is 0 Å². The zero-order valence-corrected chi connectivity index (χ0v) is 18.2. The quantitative estimate of drug-likeness (QED) is 0.685. The summed E-state index contributed by atoms with van der Waals surface area (Å²) in [7, 11) is 0. The van der Waals surface area contributed by atoms with Gasteiger partial charge in [-0.25, -0.2) is 4.79 Å². The maximum atomic E-state index is 13.3. The van der Waals surface area contributed by atoms with E-state index in [9.17, 15) is 14.4 Å². The molecule has 0 N–H and O–H groups in total. The molecule has 2 bridgehead atoms. The number of likely N-dealkylation sites (tertiary alicyclic amines) is 1. The van der Waals surface area contributed by atoms with Crippen LogP contribution in [0.15, 0.2) is 18.3 Å². The van der Waals surface area contributed by atoms with Gasteiger partial charge in [0.1, 0.15) is 0 Å². The van der Waals surface area contributed by atoms with Crippen LogP contribution in [0.1, 0.15) is 41.7 Å². The average molecular weight is 426 g/mol. The summed E-state index contributed by atoms with van der Waals surface area (Å²) in [5, 5.41) is 0. The van der Waals surface area contributed by atoms with E-state index in [1.807, 2.05) is 33.8 Å². The molecule has 31 heavy (non-hydrogen) atoms. The monoisotopic (exact) mass is 425 g/mol. The van der Waals surface area contributed by atoms with Gasteiger partial charge >= 0.3 is 6.03 Å². The zero-order valence-electron chi connectivity index (χ0n) is 18.2. The standard InChI is InChI=1S/C23H31N5O3/c1-16-5-6-18(12-24-16)22(30)25-7-9-26(10-8-25)23(31)27-13-17-11-19(15-27)20-3-2-4-21(29)28(20)14-17/h5-6,12,17,19-20H,2-4,7-11,13-15H2,1H3/t17?,19?,20-/m1/s1. The Morgan fingerprint density at radius 1 is 1.00 bits per heavy atom. The molecule has 4 amide bonds. The molecule has 0 aromatic carbocycles. The highest BCUT2D eigenvalue weighted by Gasteiger charge is 2.45. The number of carbonyl (C=O) groups is 3. The number of hydrogen-bond acceptors (Lipinski definition) is 4. The topological polar surface area (TPSA) is 77.1 Å². The first-order chi connectivity index (χ1) is 15.0. The Bertz CT molecular complexity index is 864. The summed E-state index contributed by atoms with van der Waals surface area (Å²) in [4.78, 5) is 50.3. The number of piperazine rings is 1. The molecule has 4 aliphatic heterocycles. The third kappa shape index (κ3) is 3.88. The van der Waals surface area contributed by atoms with Gasteiger partial charge in [0.25, 0.3) is 5.91 Å². The van der Waals surface area contributed by atoms with Gasteiger partial charge in [-0.15, -0.1) is 0 Å². The van der Waals surface area contributed by atoms with Crippen molar-refractivity contribution in [3.05, 3.63) is 29.6 Å². The zero-order chi connectivity index (χ0) is 21.5. The van der Waals surface area contributed by atoms with Crippen LogP contribution in [0, 0.1) is 18.8 Å². The number of amides is 4. The Kier molecular flexibility index (Phi) is 5.32. The second kappa shape index (κ2) is 8.13. The van der Waals surface area contributed by atoms with Crippen LogP contribution in [-0.4, -0.2) is 94.3 Å². The van der Waals surface area contributed by atoms with Crippen LogP contribution in [0.5, 0.6) is 0 Å². The lowest BCUT2D eigenvalue weighted by Crippen LogP contribution is -2.63. The van der Waals surface area contributed by atoms with Crippen molar-refractivity contribution in [2.45, 2.75) is 38.6 Å². The van der Waals surface area contributed by atoms with Crippen LogP contribution in [0.2, 0.25) is 0 Å². The van der Waals surface area contributed by atoms with Crippen molar-refractivity contribution in [2.75, 3.05) is 45.8 Å². The molecule has 5 rings (SSSR count). The Morgan fingerprint density at radius 3 is 2.52 bits per heavy atom. The van der Waals surface area contributed by atoms with E-state index in [0.29, 0.717) is 61.9 Å². The number of hydrogen-bond donors (Lipinski definition) is 0. The highest BCUT2D eigenvalue weighted by molar-refractivity contribution is 5.94. The first kappa shape index (κ1) is 20.3. The fraction of sp³-hybridized carbons (Fsp3) is 0.652. The minimum Gasteiger partial charge on any atom is -0.339 e. The van der Waals surface area contributed by atoms with Crippen molar-refractivity contribution in [3.8, 4) is 0 Å². The van der Waals surface area contributed by atoms with E-state index < -0.39 is 0 Å². The van der Waals surface area contributed by atoms with E-state index in [1.165, 1.54) is 0 Å². The molecule has 4 saturated heterocycles. The van der Waals surface area contributed by atoms with Crippen LogP contribution in [0.3, 0.4) is 0 Å². The van der Waals surface area contributed by atoms with Crippen LogP contribution >= 0.6 is 0 Å². The van der Waals surface area contributed by atoms with Gasteiger partial charge in [0.15, 0.2) is 0 Å². The number of urea groups is 1. The number of piperidine rings is 3. The van der Waals surface area contributed by atoms with Crippen LogP contribution in [-0.2, 0) is 4.79 Å². The minimum absolute atomic E-state index is 0.0193.